The van der Waals surface area contributed by atoms with Crippen molar-refractivity contribution in [1.29, 1.82) is 0 Å². The van der Waals surface area contributed by atoms with Gasteiger partial charge in [-0.3, -0.25) is 34.6 Å². The molecule has 0 aliphatic rings. The van der Waals surface area contributed by atoms with Crippen molar-refractivity contribution in [2.45, 2.75) is 20.8 Å². The Morgan fingerprint density at radius 1 is 0.643 bits per heavy atom. The molecule has 0 unspecified atom stereocenters. The van der Waals surface area contributed by atoms with E-state index < -0.39 is 67.5 Å². The fourth-order valence-electron chi connectivity index (χ4n) is 2.91. The number of hydrogen-bond donors (Lipinski definition) is 2. The Labute approximate surface area is 235 Å². The third kappa shape index (κ3) is 10.5. The van der Waals surface area contributed by atoms with Crippen molar-refractivity contribution in [3.63, 3.8) is 0 Å². The summed E-state index contributed by atoms with van der Waals surface area (Å²) in [5.41, 5.74) is 2.48. The van der Waals surface area contributed by atoms with Gasteiger partial charge >= 0.3 is 5.69 Å². The molecule has 0 aliphatic carbocycles. The number of anilines is 1. The summed E-state index contributed by atoms with van der Waals surface area (Å²) in [7, 11) is 2.94. The van der Waals surface area contributed by atoms with Crippen LogP contribution in [0.2, 0.25) is 0 Å². The Balaban J connectivity index is 0.000000589. The topological polar surface area (TPSA) is 176 Å². The largest absolute Gasteiger partial charge is 0.382 e. The van der Waals surface area contributed by atoms with E-state index >= 15 is 0 Å². The molecule has 16 heteroatoms. The van der Waals surface area contributed by atoms with E-state index in [4.69, 9.17) is 0 Å². The van der Waals surface area contributed by atoms with Crippen LogP contribution in [-0.2, 0) is 0 Å². The van der Waals surface area contributed by atoms with E-state index in [-0.39, 0.29) is 22.5 Å². The summed E-state index contributed by atoms with van der Waals surface area (Å²) in [6.07, 6.45) is 0. The normalized spacial score (nSPS) is 9.50. The Morgan fingerprint density at radius 2 is 1.05 bits per heavy atom. The smallest absolute Gasteiger partial charge is 0.305 e. The molecule has 42 heavy (non-hydrogen) atoms. The van der Waals surface area contributed by atoms with Gasteiger partial charge in [-0.05, 0) is 40.0 Å². The Bertz CT molecular complexity index is 1470. The molecular weight excluding hydrogens is 575 g/mol. The summed E-state index contributed by atoms with van der Waals surface area (Å²) in [4.78, 5) is 51.5. The van der Waals surface area contributed by atoms with Crippen LogP contribution in [0.5, 0.6) is 0 Å². The molecule has 0 aliphatic heterocycles. The van der Waals surface area contributed by atoms with Crippen molar-refractivity contribution in [2.75, 3.05) is 19.4 Å². The van der Waals surface area contributed by atoms with Gasteiger partial charge in [-0.1, -0.05) is 0 Å². The number of halogens is 5. The summed E-state index contributed by atoms with van der Waals surface area (Å²) in [6.45, 7) is 3.43. The minimum Gasteiger partial charge on any atom is -0.382 e. The van der Waals surface area contributed by atoms with Gasteiger partial charge < -0.3 is 11.1 Å². The molecule has 0 heterocycles. The molecule has 226 valence electrons. The Morgan fingerprint density at radius 3 is 1.43 bits per heavy atom. The molecule has 3 rings (SSSR count). The van der Waals surface area contributed by atoms with Crippen molar-refractivity contribution in [3.05, 3.63) is 108 Å². The minimum atomic E-state index is -1.29. The molecule has 0 amide bonds. The third-order valence-corrected chi connectivity index (χ3v) is 4.85. The van der Waals surface area contributed by atoms with E-state index in [0.717, 1.165) is 38.1 Å². The van der Waals surface area contributed by atoms with E-state index in [2.05, 4.69) is 11.1 Å². The molecule has 0 atom stereocenters. The lowest BCUT2D eigenvalue weighted by molar-refractivity contribution is -0.387. The Hall–Kier alpha value is -5.12. The van der Waals surface area contributed by atoms with Gasteiger partial charge in [0.25, 0.3) is 5.69 Å². The number of nitrogens with two attached hydrogens (primary N) is 1. The highest BCUT2D eigenvalue weighted by Gasteiger charge is 2.21. The number of carbonyl (C=O) groups excluding carboxylic acids is 3. The van der Waals surface area contributed by atoms with E-state index in [1.807, 2.05) is 0 Å². The highest BCUT2D eigenvalue weighted by atomic mass is 19.1. The average Bonchev–Trinajstić information content (AvgIpc) is 2.89. The van der Waals surface area contributed by atoms with Crippen LogP contribution in [0.25, 0.3) is 0 Å². The number of nitrogens with zero attached hydrogens (tertiary/aromatic N) is 2. The molecule has 0 saturated carbocycles. The molecule has 3 aromatic carbocycles. The zero-order chi connectivity index (χ0) is 32.9. The van der Waals surface area contributed by atoms with Gasteiger partial charge in [0.2, 0.25) is 5.82 Å². The first-order valence-corrected chi connectivity index (χ1v) is 11.4. The molecule has 0 radical (unpaired) electrons. The third-order valence-electron chi connectivity index (χ3n) is 4.85. The Kier molecular flexibility index (Phi) is 14.8. The van der Waals surface area contributed by atoms with Crippen molar-refractivity contribution in [2.24, 2.45) is 5.73 Å². The maximum atomic E-state index is 13.2. The van der Waals surface area contributed by atoms with E-state index in [1.54, 1.807) is 0 Å². The maximum Gasteiger partial charge on any atom is 0.305 e. The average molecular weight is 600 g/mol. The molecule has 11 nitrogen and oxygen atoms in total. The number of hydrogen-bond acceptors (Lipinski definition) is 9. The second-order valence-electron chi connectivity index (χ2n) is 7.69. The standard InChI is InChI=1S/C9H9FN2O3.C8H5F2NO3.C8H6F2O.CH5N/c1-5(13)6-3-9(12(14)15)8(11-2)4-7(6)10;1-4(12)5-2-8(11(13)14)7(10)3-6(5)9;1-5(11)7-3-2-6(9)4-8(7)10;1-2/h3-4,11H,1-2H3;2-3H,1H3;2-4H,1H3;2H2,1H3. The molecule has 0 bridgehead atoms. The summed E-state index contributed by atoms with van der Waals surface area (Å²) in [5.74, 6) is -6.27. The predicted molar refractivity (Wildman–Crippen MR) is 142 cm³/mol. The second-order valence-corrected chi connectivity index (χ2v) is 7.69. The first kappa shape index (κ1) is 36.9. The maximum absolute atomic E-state index is 13.2. The first-order chi connectivity index (χ1) is 19.5. The van der Waals surface area contributed by atoms with Crippen LogP contribution in [0.1, 0.15) is 51.8 Å². The van der Waals surface area contributed by atoms with Gasteiger partial charge in [0.1, 0.15) is 29.0 Å². The minimum absolute atomic E-state index is 0.0440. The quantitative estimate of drug-likeness (QED) is 0.153. The second kappa shape index (κ2) is 16.9. The number of ketones is 3. The lowest BCUT2D eigenvalue weighted by Crippen LogP contribution is -2.03. The molecule has 0 fully saturated rings. The zero-order valence-electron chi connectivity index (χ0n) is 22.8. The molecular formula is C26H25F5N4O7. The number of nitro benzene ring substituents is 2. The predicted octanol–water partition coefficient (Wildman–Crippen LogP) is 5.80. The van der Waals surface area contributed by atoms with Crippen LogP contribution in [0, 0.1) is 49.3 Å². The summed E-state index contributed by atoms with van der Waals surface area (Å²) < 4.78 is 63.8. The van der Waals surface area contributed by atoms with Gasteiger partial charge in [-0.2, -0.15) is 4.39 Å². The zero-order valence-corrected chi connectivity index (χ0v) is 22.8. The van der Waals surface area contributed by atoms with Crippen molar-refractivity contribution < 1.29 is 46.2 Å². The molecule has 3 N–H and O–H groups in total. The van der Waals surface area contributed by atoms with Crippen LogP contribution >= 0.6 is 0 Å². The highest BCUT2D eigenvalue weighted by Crippen LogP contribution is 2.27. The first-order valence-electron chi connectivity index (χ1n) is 11.4. The SMILES string of the molecule is CC(=O)c1cc([N+](=O)[O-])c(F)cc1F.CC(=O)c1ccc(F)cc1F.CN.CNc1cc(F)c(C(C)=O)cc1[N+](=O)[O-]. The molecule has 0 spiro atoms. The highest BCUT2D eigenvalue weighted by molar-refractivity contribution is 5.96. The summed E-state index contributed by atoms with van der Waals surface area (Å²) in [6, 6.07) is 5.67. The molecule has 3 aromatic rings. The monoisotopic (exact) mass is 600 g/mol. The number of rotatable bonds is 6. The van der Waals surface area contributed by atoms with Crippen molar-refractivity contribution >= 4 is 34.4 Å². The molecule has 0 aromatic heterocycles. The van der Waals surface area contributed by atoms with Gasteiger partial charge in [0.05, 0.1) is 26.5 Å². The lowest BCUT2D eigenvalue weighted by Gasteiger charge is -2.04. The fraction of sp³-hybridized carbons (Fsp3) is 0.192. The van der Waals surface area contributed by atoms with Crippen LogP contribution in [0.3, 0.4) is 0 Å². The van der Waals surface area contributed by atoms with E-state index in [1.165, 1.54) is 21.0 Å². The number of carbonyl (C=O) groups is 3. The summed E-state index contributed by atoms with van der Waals surface area (Å²) in [5, 5.41) is 23.3. The van der Waals surface area contributed by atoms with Gasteiger partial charge in [0.15, 0.2) is 17.3 Å². The number of benzene rings is 3. The van der Waals surface area contributed by atoms with E-state index in [0.29, 0.717) is 18.2 Å². The van der Waals surface area contributed by atoms with Crippen LogP contribution in [-0.4, -0.2) is 41.3 Å². The van der Waals surface area contributed by atoms with Gasteiger partial charge in [0, 0.05) is 37.4 Å². The van der Waals surface area contributed by atoms with Gasteiger partial charge in [-0.25, -0.2) is 17.6 Å². The van der Waals surface area contributed by atoms with Crippen molar-refractivity contribution in [3.8, 4) is 0 Å². The van der Waals surface area contributed by atoms with Crippen molar-refractivity contribution in [1.82, 2.24) is 0 Å². The van der Waals surface area contributed by atoms with E-state index in [9.17, 15) is 56.6 Å². The van der Waals surface area contributed by atoms with Crippen LogP contribution in [0.15, 0.2) is 42.5 Å². The van der Waals surface area contributed by atoms with Gasteiger partial charge in [-0.15, -0.1) is 0 Å². The van der Waals surface area contributed by atoms with Crippen LogP contribution < -0.4 is 11.1 Å². The number of nitrogens with one attached hydrogen (secondary N) is 1. The fourth-order valence-corrected chi connectivity index (χ4v) is 2.91. The lowest BCUT2D eigenvalue weighted by atomic mass is 10.1. The van der Waals surface area contributed by atoms with Crippen LogP contribution in [0.4, 0.5) is 39.0 Å². The number of nitro groups is 2. The summed E-state index contributed by atoms with van der Waals surface area (Å²) >= 11 is 0. The molecule has 0 saturated heterocycles. The number of Topliss-reactive ketones (excluding diaryl/α,β-unsaturated/α-hetero) is 3.